The highest BCUT2D eigenvalue weighted by atomic mass is 32.1. The Balaban J connectivity index is 1.32. The van der Waals surface area contributed by atoms with Crippen LogP contribution in [0, 0.1) is 17.8 Å². The molecule has 3 fully saturated rings. The van der Waals surface area contributed by atoms with E-state index in [4.69, 9.17) is 0 Å². The molecule has 1 aromatic heterocycles. The second kappa shape index (κ2) is 5.69. The van der Waals surface area contributed by atoms with Gasteiger partial charge in [0, 0.05) is 38.1 Å². The van der Waals surface area contributed by atoms with Gasteiger partial charge in [-0.1, -0.05) is 12.8 Å². The molecule has 1 aliphatic carbocycles. The minimum absolute atomic E-state index is 0.132. The molecule has 2 unspecified atom stereocenters. The SMILES string of the molecule is O=C(c1cscn1)N1CC2CN(CC3CCCC3)CC2C1. The van der Waals surface area contributed by atoms with Crippen molar-refractivity contribution in [2.24, 2.45) is 17.8 Å². The van der Waals surface area contributed by atoms with Crippen molar-refractivity contribution in [2.45, 2.75) is 25.7 Å². The first-order valence-electron chi connectivity index (χ1n) is 8.19. The van der Waals surface area contributed by atoms with Crippen LogP contribution < -0.4 is 0 Å². The van der Waals surface area contributed by atoms with E-state index in [2.05, 4.69) is 9.88 Å². The third-order valence-electron chi connectivity index (χ3n) is 5.49. The molecule has 2 atom stereocenters. The summed E-state index contributed by atoms with van der Waals surface area (Å²) in [5.74, 6) is 2.45. The van der Waals surface area contributed by atoms with Gasteiger partial charge in [0.25, 0.3) is 5.91 Å². The summed E-state index contributed by atoms with van der Waals surface area (Å²) in [4.78, 5) is 21.2. The molecular formula is C16H23N3OS. The zero-order valence-corrected chi connectivity index (χ0v) is 13.2. The van der Waals surface area contributed by atoms with E-state index in [1.165, 1.54) is 56.7 Å². The van der Waals surface area contributed by atoms with Gasteiger partial charge in [-0.3, -0.25) is 4.79 Å². The van der Waals surface area contributed by atoms with Gasteiger partial charge in [-0.25, -0.2) is 4.98 Å². The number of amides is 1. The number of rotatable bonds is 3. The maximum absolute atomic E-state index is 12.4. The summed E-state index contributed by atoms with van der Waals surface area (Å²) in [6.07, 6.45) is 5.73. The number of thiazole rings is 1. The van der Waals surface area contributed by atoms with Crippen LogP contribution in [0.15, 0.2) is 10.9 Å². The average Bonchev–Trinajstić information content (AvgIpc) is 3.23. The summed E-state index contributed by atoms with van der Waals surface area (Å²) in [5, 5.41) is 1.86. The largest absolute Gasteiger partial charge is 0.337 e. The molecule has 4 rings (SSSR count). The molecule has 21 heavy (non-hydrogen) atoms. The number of hydrogen-bond acceptors (Lipinski definition) is 4. The molecule has 3 aliphatic rings. The number of likely N-dealkylation sites (tertiary alicyclic amines) is 2. The molecule has 0 N–H and O–H groups in total. The van der Waals surface area contributed by atoms with Crippen LogP contribution in [-0.4, -0.2) is 53.4 Å². The Morgan fingerprint density at radius 3 is 2.52 bits per heavy atom. The fourth-order valence-electron chi connectivity index (χ4n) is 4.44. The third-order valence-corrected chi connectivity index (χ3v) is 6.08. The number of nitrogens with zero attached hydrogens (tertiary/aromatic N) is 3. The molecule has 0 radical (unpaired) electrons. The second-order valence-electron chi connectivity index (χ2n) is 6.97. The van der Waals surface area contributed by atoms with Crippen molar-refractivity contribution in [3.8, 4) is 0 Å². The lowest BCUT2D eigenvalue weighted by molar-refractivity contribution is 0.0767. The van der Waals surface area contributed by atoms with Crippen LogP contribution in [0.2, 0.25) is 0 Å². The molecule has 4 nitrogen and oxygen atoms in total. The molecule has 0 spiro atoms. The van der Waals surface area contributed by atoms with Gasteiger partial charge in [0.2, 0.25) is 0 Å². The highest BCUT2D eigenvalue weighted by Crippen LogP contribution is 2.34. The lowest BCUT2D eigenvalue weighted by Gasteiger charge is -2.23. The van der Waals surface area contributed by atoms with Crippen LogP contribution in [0.1, 0.15) is 36.2 Å². The molecule has 114 valence electrons. The minimum atomic E-state index is 0.132. The molecule has 1 saturated carbocycles. The summed E-state index contributed by atoms with van der Waals surface area (Å²) in [5.41, 5.74) is 2.37. The summed E-state index contributed by atoms with van der Waals surface area (Å²) in [6.45, 7) is 5.56. The van der Waals surface area contributed by atoms with Gasteiger partial charge >= 0.3 is 0 Å². The monoisotopic (exact) mass is 305 g/mol. The van der Waals surface area contributed by atoms with Crippen molar-refractivity contribution in [1.82, 2.24) is 14.8 Å². The third kappa shape index (κ3) is 2.73. The summed E-state index contributed by atoms with van der Waals surface area (Å²) in [6, 6.07) is 0. The van der Waals surface area contributed by atoms with E-state index < -0.39 is 0 Å². The summed E-state index contributed by atoms with van der Waals surface area (Å²) in [7, 11) is 0. The van der Waals surface area contributed by atoms with Crippen molar-refractivity contribution in [3.05, 3.63) is 16.6 Å². The van der Waals surface area contributed by atoms with Gasteiger partial charge in [-0.05, 0) is 30.6 Å². The first-order valence-corrected chi connectivity index (χ1v) is 9.13. The lowest BCUT2D eigenvalue weighted by atomic mass is 10.0. The summed E-state index contributed by atoms with van der Waals surface area (Å²) >= 11 is 1.50. The van der Waals surface area contributed by atoms with Gasteiger partial charge in [0.15, 0.2) is 0 Å². The van der Waals surface area contributed by atoms with Crippen LogP contribution in [0.25, 0.3) is 0 Å². The fourth-order valence-corrected chi connectivity index (χ4v) is 4.97. The van der Waals surface area contributed by atoms with Gasteiger partial charge < -0.3 is 9.80 Å². The summed E-state index contributed by atoms with van der Waals surface area (Å²) < 4.78 is 0. The van der Waals surface area contributed by atoms with Gasteiger partial charge in [0.1, 0.15) is 5.69 Å². The predicted octanol–water partition coefficient (Wildman–Crippen LogP) is 2.34. The molecule has 3 heterocycles. The van der Waals surface area contributed by atoms with Gasteiger partial charge in [0.05, 0.1) is 5.51 Å². The Morgan fingerprint density at radius 2 is 1.90 bits per heavy atom. The fraction of sp³-hybridized carbons (Fsp3) is 0.750. The quantitative estimate of drug-likeness (QED) is 0.860. The molecule has 1 amide bonds. The number of carbonyl (C=O) groups is 1. The van der Waals surface area contributed by atoms with Crippen LogP contribution >= 0.6 is 11.3 Å². The molecule has 0 aromatic carbocycles. The first kappa shape index (κ1) is 13.7. The van der Waals surface area contributed by atoms with Crippen molar-refractivity contribution in [3.63, 3.8) is 0 Å². The predicted molar refractivity (Wildman–Crippen MR) is 83.4 cm³/mol. The molecular weight excluding hydrogens is 282 g/mol. The number of aromatic nitrogens is 1. The number of carbonyl (C=O) groups excluding carboxylic acids is 1. The van der Waals surface area contributed by atoms with Crippen LogP contribution in [0.4, 0.5) is 0 Å². The second-order valence-corrected chi connectivity index (χ2v) is 7.69. The van der Waals surface area contributed by atoms with E-state index >= 15 is 0 Å². The maximum Gasteiger partial charge on any atom is 0.273 e. The van der Waals surface area contributed by atoms with E-state index in [0.29, 0.717) is 17.5 Å². The molecule has 0 bridgehead atoms. The smallest absolute Gasteiger partial charge is 0.273 e. The Morgan fingerprint density at radius 1 is 1.19 bits per heavy atom. The Labute approximate surface area is 130 Å². The van der Waals surface area contributed by atoms with Gasteiger partial charge in [-0.15, -0.1) is 11.3 Å². The minimum Gasteiger partial charge on any atom is -0.337 e. The Hall–Kier alpha value is -0.940. The Kier molecular flexibility index (Phi) is 3.71. The molecule has 2 saturated heterocycles. The standard InChI is InChI=1S/C16H23N3OS/c20-16(15-10-21-11-17-15)19-8-13-6-18(7-14(13)9-19)5-12-3-1-2-4-12/h10-14H,1-9H2. The highest BCUT2D eigenvalue weighted by molar-refractivity contribution is 7.07. The number of fused-ring (bicyclic) bond motifs is 1. The van der Waals surface area contributed by atoms with E-state index in [1.807, 2.05) is 10.3 Å². The average molecular weight is 305 g/mol. The first-order chi connectivity index (χ1) is 10.3. The molecule has 2 aliphatic heterocycles. The zero-order valence-electron chi connectivity index (χ0n) is 12.4. The van der Waals surface area contributed by atoms with Crippen molar-refractivity contribution >= 4 is 17.2 Å². The van der Waals surface area contributed by atoms with E-state index in [-0.39, 0.29) is 5.91 Å². The topological polar surface area (TPSA) is 36.4 Å². The highest BCUT2D eigenvalue weighted by Gasteiger charge is 2.42. The Bertz CT molecular complexity index is 484. The molecule has 1 aromatic rings. The van der Waals surface area contributed by atoms with Crippen molar-refractivity contribution in [1.29, 1.82) is 0 Å². The normalized spacial score (nSPS) is 30.2. The molecule has 5 heteroatoms. The van der Waals surface area contributed by atoms with E-state index in [0.717, 1.165) is 19.0 Å². The van der Waals surface area contributed by atoms with Crippen LogP contribution in [0.5, 0.6) is 0 Å². The maximum atomic E-state index is 12.4. The number of hydrogen-bond donors (Lipinski definition) is 0. The lowest BCUT2D eigenvalue weighted by Crippen LogP contribution is -2.34. The van der Waals surface area contributed by atoms with E-state index in [9.17, 15) is 4.79 Å². The van der Waals surface area contributed by atoms with Gasteiger partial charge in [-0.2, -0.15) is 0 Å². The zero-order chi connectivity index (χ0) is 14.2. The van der Waals surface area contributed by atoms with Crippen molar-refractivity contribution < 1.29 is 4.79 Å². The van der Waals surface area contributed by atoms with Crippen LogP contribution in [-0.2, 0) is 0 Å². The van der Waals surface area contributed by atoms with E-state index in [1.54, 1.807) is 5.51 Å². The van der Waals surface area contributed by atoms with Crippen LogP contribution in [0.3, 0.4) is 0 Å². The van der Waals surface area contributed by atoms with Crippen molar-refractivity contribution in [2.75, 3.05) is 32.7 Å².